The molecule has 2 saturated heterocycles. The summed E-state index contributed by atoms with van der Waals surface area (Å²) < 4.78 is 4.85. The van der Waals surface area contributed by atoms with Crippen molar-refractivity contribution in [3.05, 3.63) is 107 Å². The zero-order valence-corrected chi connectivity index (χ0v) is 33.4. The van der Waals surface area contributed by atoms with Gasteiger partial charge in [-0.3, -0.25) is 14.6 Å². The number of carbonyl (C=O) groups excluding carboxylic acids is 3. The van der Waals surface area contributed by atoms with Gasteiger partial charge < -0.3 is 24.8 Å². The molecule has 2 unspecified atom stereocenters. The lowest BCUT2D eigenvalue weighted by molar-refractivity contribution is -0.137. The molecule has 0 radical (unpaired) electrons. The number of thioether (sulfide) groups is 2. The van der Waals surface area contributed by atoms with Gasteiger partial charge in [0.05, 0.1) is 31.1 Å². The second kappa shape index (κ2) is 15.9. The number of nitrogens with one attached hydrogen (secondary N) is 2. The van der Waals surface area contributed by atoms with Crippen LogP contribution >= 0.6 is 23.5 Å². The zero-order chi connectivity index (χ0) is 38.2. The number of hydrogen-bond donors (Lipinski definition) is 2. The van der Waals surface area contributed by atoms with E-state index in [1.165, 1.54) is 22.5 Å². The minimum absolute atomic E-state index is 0.00381. The van der Waals surface area contributed by atoms with Crippen LogP contribution in [0.1, 0.15) is 93.2 Å². The van der Waals surface area contributed by atoms with Gasteiger partial charge in [-0.15, -0.1) is 23.5 Å². The number of aromatic amines is 1. The predicted octanol–water partition coefficient (Wildman–Crippen LogP) is 8.25. The van der Waals surface area contributed by atoms with Gasteiger partial charge in [-0.05, 0) is 53.9 Å². The highest BCUT2D eigenvalue weighted by Crippen LogP contribution is 2.53. The Morgan fingerprint density at radius 2 is 1.51 bits per heavy atom. The maximum Gasteiger partial charge on any atom is 0.407 e. The molecule has 55 heavy (non-hydrogen) atoms. The summed E-state index contributed by atoms with van der Waals surface area (Å²) in [4.78, 5) is 58.9. The predicted molar refractivity (Wildman–Crippen MR) is 221 cm³/mol. The quantitative estimate of drug-likeness (QED) is 0.213. The topological polar surface area (TPSA) is 120 Å². The van der Waals surface area contributed by atoms with Crippen molar-refractivity contribution in [1.82, 2.24) is 25.1 Å². The zero-order valence-electron chi connectivity index (χ0n) is 31.7. The summed E-state index contributed by atoms with van der Waals surface area (Å²) in [6.45, 7) is 7.67. The molecule has 0 spiro atoms. The van der Waals surface area contributed by atoms with E-state index in [4.69, 9.17) is 14.7 Å². The number of methoxy groups -OCH3 is 1. The largest absolute Gasteiger partial charge is 0.453 e. The van der Waals surface area contributed by atoms with E-state index in [1.54, 1.807) is 0 Å². The molecule has 3 aromatic rings. The normalized spacial score (nSPS) is 24.3. The van der Waals surface area contributed by atoms with Gasteiger partial charge in [0.2, 0.25) is 11.8 Å². The molecule has 0 saturated carbocycles. The van der Waals surface area contributed by atoms with E-state index in [9.17, 15) is 14.4 Å². The molecule has 0 bridgehead atoms. The second-order valence-corrected chi connectivity index (χ2v) is 17.8. The summed E-state index contributed by atoms with van der Waals surface area (Å²) in [5.74, 6) is 1.29. The first-order valence-corrected chi connectivity index (χ1v) is 21.1. The van der Waals surface area contributed by atoms with Gasteiger partial charge in [0.15, 0.2) is 0 Å². The Labute approximate surface area is 331 Å². The number of ether oxygens (including phenoxy) is 1. The van der Waals surface area contributed by atoms with Gasteiger partial charge in [0.1, 0.15) is 11.9 Å². The first kappa shape index (κ1) is 37.4. The van der Waals surface area contributed by atoms with Crippen LogP contribution in [0, 0.1) is 11.8 Å². The van der Waals surface area contributed by atoms with Crippen LogP contribution < -0.4 is 5.32 Å². The summed E-state index contributed by atoms with van der Waals surface area (Å²) in [5.41, 5.74) is 6.21. The van der Waals surface area contributed by atoms with Crippen LogP contribution in [0.3, 0.4) is 0 Å². The number of aliphatic imine (C=N–C) groups is 1. The molecule has 2 aromatic carbocycles. The van der Waals surface area contributed by atoms with Crippen molar-refractivity contribution in [2.75, 3.05) is 20.2 Å². The number of H-pyrrole nitrogens is 1. The van der Waals surface area contributed by atoms with Gasteiger partial charge in [-0.1, -0.05) is 87.5 Å². The standard InChI is InChI=1S/C43H48N6O4S2/c1-25(2)26(3)41(50)49-19-9-13-34(49)40-45-24-32(46-40)36-22-38-37(55-36)21-35(54-38)28-16-14-27(15-17-28)30-20-31(44-23-30)33-12-8-18-48(33)42(51)39(47-43(52)53-4)29-10-6-5-7-11-29/h5-7,10-11,14-17,21-26,33-34,37-39H,8-9,12-13,18-20H2,1-4H3,(H,45,46)(H,47,52)/t26-,33-,34-,37?,38?,39+/m0/s1. The molecule has 10 nitrogen and oxygen atoms in total. The number of allylic oxidation sites excluding steroid dienone is 1. The summed E-state index contributed by atoms with van der Waals surface area (Å²) in [7, 11) is 1.30. The Balaban J connectivity index is 0.872. The molecule has 2 fully saturated rings. The minimum atomic E-state index is -0.832. The van der Waals surface area contributed by atoms with Crippen molar-refractivity contribution in [2.24, 2.45) is 16.8 Å². The highest BCUT2D eigenvalue weighted by atomic mass is 32.2. The van der Waals surface area contributed by atoms with Crippen molar-refractivity contribution in [3.63, 3.8) is 0 Å². The van der Waals surface area contributed by atoms with Crippen molar-refractivity contribution < 1.29 is 19.1 Å². The summed E-state index contributed by atoms with van der Waals surface area (Å²) in [6, 6.07) is 17.1. The van der Waals surface area contributed by atoms with Crippen molar-refractivity contribution in [3.8, 4) is 0 Å². The van der Waals surface area contributed by atoms with E-state index in [0.29, 0.717) is 29.4 Å². The summed E-state index contributed by atoms with van der Waals surface area (Å²) in [6.07, 6.45) is 12.3. The van der Waals surface area contributed by atoms with Gasteiger partial charge in [0.25, 0.3) is 0 Å². The Bertz CT molecular complexity index is 2070. The lowest BCUT2D eigenvalue weighted by Crippen LogP contribution is -2.47. The van der Waals surface area contributed by atoms with E-state index in [2.05, 4.69) is 60.6 Å². The smallest absolute Gasteiger partial charge is 0.407 e. The lowest BCUT2D eigenvalue weighted by Gasteiger charge is -2.29. The molecule has 2 N–H and O–H groups in total. The SMILES string of the molecule is COC(=O)N[C@@H](C(=O)N1CCC[C@H]1C1=NC=C(c2ccc(C3=CC4SC(c5cnc([C@@H]6CCCN6C(=O)[C@@H](C)C(C)C)[nH]5)=CC4S3)cc2)C1)c1ccccc1. The fourth-order valence-electron chi connectivity index (χ4n) is 8.20. The van der Waals surface area contributed by atoms with E-state index in [0.717, 1.165) is 66.2 Å². The molecule has 5 aliphatic rings. The number of hydrogen-bond acceptors (Lipinski definition) is 8. The van der Waals surface area contributed by atoms with Crippen molar-refractivity contribution in [2.45, 2.75) is 81.5 Å². The lowest BCUT2D eigenvalue weighted by atomic mass is 9.96. The molecule has 12 heteroatoms. The highest BCUT2D eigenvalue weighted by Gasteiger charge is 2.39. The number of likely N-dealkylation sites (tertiary alicyclic amines) is 2. The third-order valence-corrected chi connectivity index (χ3v) is 14.4. The van der Waals surface area contributed by atoms with Crippen LogP contribution in [-0.2, 0) is 14.3 Å². The third-order valence-electron chi connectivity index (χ3n) is 11.6. The monoisotopic (exact) mass is 776 g/mol. The Morgan fingerprint density at radius 3 is 2.22 bits per heavy atom. The second-order valence-electron chi connectivity index (χ2n) is 15.3. The molecule has 6 atom stereocenters. The van der Waals surface area contributed by atoms with Crippen LogP contribution in [0.4, 0.5) is 4.79 Å². The Morgan fingerprint density at radius 1 is 0.855 bits per heavy atom. The summed E-state index contributed by atoms with van der Waals surface area (Å²) in [5, 5.41) is 3.45. The molecular weight excluding hydrogens is 729 g/mol. The van der Waals surface area contributed by atoms with Crippen molar-refractivity contribution in [1.29, 1.82) is 0 Å². The maximum absolute atomic E-state index is 13.9. The number of alkyl carbamates (subject to hydrolysis) is 1. The van der Waals surface area contributed by atoms with E-state index < -0.39 is 12.1 Å². The average molecular weight is 777 g/mol. The first-order chi connectivity index (χ1) is 26.7. The number of imidazole rings is 1. The molecule has 6 heterocycles. The minimum Gasteiger partial charge on any atom is -0.453 e. The fourth-order valence-corrected chi connectivity index (χ4v) is 11.1. The van der Waals surface area contributed by atoms with E-state index in [1.807, 2.05) is 83.0 Å². The maximum atomic E-state index is 13.9. The number of aromatic nitrogens is 2. The van der Waals surface area contributed by atoms with Gasteiger partial charge in [-0.2, -0.15) is 0 Å². The van der Waals surface area contributed by atoms with Gasteiger partial charge in [0, 0.05) is 57.7 Å². The van der Waals surface area contributed by atoms with Gasteiger partial charge >= 0.3 is 6.09 Å². The number of rotatable bonds is 10. The van der Waals surface area contributed by atoms with E-state index in [-0.39, 0.29) is 29.8 Å². The molecular formula is C43H48N6O4S2. The molecule has 5 aliphatic heterocycles. The van der Waals surface area contributed by atoms with Gasteiger partial charge in [-0.25, -0.2) is 9.78 Å². The Kier molecular flexibility index (Phi) is 10.8. The van der Waals surface area contributed by atoms with Crippen LogP contribution in [0.25, 0.3) is 15.4 Å². The van der Waals surface area contributed by atoms with Crippen LogP contribution in [0.5, 0.6) is 0 Å². The number of nitrogens with zero attached hydrogens (tertiary/aromatic N) is 4. The molecule has 286 valence electrons. The number of benzene rings is 2. The van der Waals surface area contributed by atoms with Crippen LogP contribution in [0.2, 0.25) is 0 Å². The third kappa shape index (κ3) is 7.55. The van der Waals surface area contributed by atoms with Crippen LogP contribution in [-0.4, -0.2) is 80.1 Å². The number of amides is 3. The highest BCUT2D eigenvalue weighted by molar-refractivity contribution is 8.14. The first-order valence-electron chi connectivity index (χ1n) is 19.4. The molecule has 8 rings (SSSR count). The Hall–Kier alpha value is -4.55. The molecule has 3 amide bonds. The van der Waals surface area contributed by atoms with Crippen molar-refractivity contribution >= 4 is 62.5 Å². The number of fused-ring (bicyclic) bond motifs is 1. The fraction of sp³-hybridized carbons (Fsp3) is 0.419. The summed E-state index contributed by atoms with van der Waals surface area (Å²) >= 11 is 3.79. The average Bonchev–Trinajstić information content (AvgIpc) is 4.05. The van der Waals surface area contributed by atoms with Crippen LogP contribution in [0.15, 0.2) is 84.1 Å². The molecule has 1 aromatic heterocycles. The molecule has 0 aliphatic carbocycles. The number of carbonyl (C=O) groups is 3. The van der Waals surface area contributed by atoms with E-state index >= 15 is 0 Å².